The van der Waals surface area contributed by atoms with Crippen molar-refractivity contribution in [3.63, 3.8) is 0 Å². The van der Waals surface area contributed by atoms with Gasteiger partial charge in [0.05, 0.1) is 11.0 Å². The highest BCUT2D eigenvalue weighted by Gasteiger charge is 2.46. The van der Waals surface area contributed by atoms with Gasteiger partial charge in [0.2, 0.25) is 10.0 Å². The first kappa shape index (κ1) is 14.5. The predicted molar refractivity (Wildman–Crippen MR) is 75.9 cm³/mol. The molecular weight excluding hydrogens is 328 g/mol. The zero-order valence-corrected chi connectivity index (χ0v) is 13.2. The van der Waals surface area contributed by atoms with Gasteiger partial charge >= 0.3 is 0 Å². The molecule has 0 saturated heterocycles. The van der Waals surface area contributed by atoms with E-state index in [0.717, 1.165) is 12.8 Å². The molecule has 0 radical (unpaired) electrons. The summed E-state index contributed by atoms with van der Waals surface area (Å²) in [6, 6.07) is 8.61. The number of sulfonamides is 1. The van der Waals surface area contributed by atoms with Crippen molar-refractivity contribution < 1.29 is 8.42 Å². The van der Waals surface area contributed by atoms with Gasteiger partial charge in [0.1, 0.15) is 5.54 Å². The van der Waals surface area contributed by atoms with Crippen molar-refractivity contribution in [2.45, 2.75) is 43.2 Å². The van der Waals surface area contributed by atoms with Crippen LogP contribution in [0.4, 0.5) is 0 Å². The lowest BCUT2D eigenvalue weighted by Gasteiger charge is -2.32. The van der Waals surface area contributed by atoms with E-state index in [0.29, 0.717) is 4.47 Å². The van der Waals surface area contributed by atoms with Crippen LogP contribution in [0.15, 0.2) is 33.6 Å². The summed E-state index contributed by atoms with van der Waals surface area (Å²) in [4.78, 5) is 0.220. The average Bonchev–Trinajstić information content (AvgIpc) is 3.13. The Hall–Kier alpha value is -0.900. The van der Waals surface area contributed by atoms with Crippen molar-refractivity contribution in [2.24, 2.45) is 0 Å². The highest BCUT2D eigenvalue weighted by molar-refractivity contribution is 9.10. The van der Waals surface area contributed by atoms with E-state index in [2.05, 4.69) is 22.0 Å². The molecule has 6 heteroatoms. The molecule has 102 valence electrons. The van der Waals surface area contributed by atoms with Gasteiger partial charge in [0, 0.05) is 10.5 Å². The van der Waals surface area contributed by atoms with Crippen LogP contribution in [-0.4, -0.2) is 24.3 Å². The number of hydrogen-bond donors (Lipinski definition) is 0. The van der Waals surface area contributed by atoms with E-state index < -0.39 is 15.6 Å². The minimum Gasteiger partial charge on any atom is -0.207 e. The molecule has 0 heterocycles. The van der Waals surface area contributed by atoms with E-state index in [1.165, 1.54) is 4.31 Å². The van der Waals surface area contributed by atoms with Gasteiger partial charge in [0.25, 0.3) is 0 Å². The molecule has 1 saturated carbocycles. The molecule has 4 nitrogen and oxygen atoms in total. The molecule has 1 aromatic rings. The molecule has 0 unspecified atom stereocenters. The summed E-state index contributed by atoms with van der Waals surface area (Å²) < 4.78 is 27.5. The summed E-state index contributed by atoms with van der Waals surface area (Å²) in [7, 11) is -3.65. The molecule has 0 N–H and O–H groups in total. The lowest BCUT2D eigenvalue weighted by atomic mass is 10.1. The molecule has 1 aromatic carbocycles. The second kappa shape index (κ2) is 4.89. The SMILES string of the molecule is CC(C)(C#N)N(C1CC1)S(=O)(=O)c1cccc(Br)c1. The van der Waals surface area contributed by atoms with Gasteiger partial charge in [-0.15, -0.1) is 0 Å². The van der Waals surface area contributed by atoms with Crippen LogP contribution < -0.4 is 0 Å². The van der Waals surface area contributed by atoms with Crippen LogP contribution in [0.2, 0.25) is 0 Å². The number of hydrogen-bond acceptors (Lipinski definition) is 3. The number of nitriles is 1. The van der Waals surface area contributed by atoms with Crippen molar-refractivity contribution in [3.8, 4) is 6.07 Å². The Bertz CT molecular complexity index is 630. The normalized spacial score (nSPS) is 16.4. The summed E-state index contributed by atoms with van der Waals surface area (Å²) in [6.45, 7) is 3.28. The molecule has 0 aromatic heterocycles. The zero-order valence-electron chi connectivity index (χ0n) is 10.8. The summed E-state index contributed by atoms with van der Waals surface area (Å²) in [6.07, 6.45) is 1.64. The van der Waals surface area contributed by atoms with Gasteiger partial charge in [-0.3, -0.25) is 0 Å². The number of rotatable bonds is 4. The van der Waals surface area contributed by atoms with E-state index in [1.54, 1.807) is 38.1 Å². The molecule has 0 atom stereocenters. The maximum absolute atomic E-state index is 12.7. The lowest BCUT2D eigenvalue weighted by molar-refractivity contribution is 0.280. The molecule has 2 rings (SSSR count). The minimum atomic E-state index is -3.65. The fraction of sp³-hybridized carbons (Fsp3) is 0.462. The highest BCUT2D eigenvalue weighted by Crippen LogP contribution is 2.37. The summed E-state index contributed by atoms with van der Waals surface area (Å²) >= 11 is 3.28. The first-order valence-electron chi connectivity index (χ1n) is 6.00. The van der Waals surface area contributed by atoms with E-state index in [-0.39, 0.29) is 10.9 Å². The zero-order chi connectivity index (χ0) is 14.3. The molecule has 0 amide bonds. The molecule has 0 spiro atoms. The van der Waals surface area contributed by atoms with E-state index >= 15 is 0 Å². The summed E-state index contributed by atoms with van der Waals surface area (Å²) in [5.74, 6) is 0. The lowest BCUT2D eigenvalue weighted by Crippen LogP contribution is -2.48. The Labute approximate surface area is 122 Å². The van der Waals surface area contributed by atoms with E-state index in [9.17, 15) is 13.7 Å². The van der Waals surface area contributed by atoms with Crippen LogP contribution in [0.25, 0.3) is 0 Å². The molecule has 19 heavy (non-hydrogen) atoms. The van der Waals surface area contributed by atoms with Crippen LogP contribution in [0.3, 0.4) is 0 Å². The fourth-order valence-corrected chi connectivity index (χ4v) is 4.60. The monoisotopic (exact) mass is 342 g/mol. The molecule has 1 aliphatic rings. The number of benzene rings is 1. The summed E-state index contributed by atoms with van der Waals surface area (Å²) in [5, 5.41) is 9.24. The maximum Gasteiger partial charge on any atom is 0.244 e. The van der Waals surface area contributed by atoms with Crippen LogP contribution >= 0.6 is 15.9 Å². The quantitative estimate of drug-likeness (QED) is 0.845. The minimum absolute atomic E-state index is 0.0568. The smallest absolute Gasteiger partial charge is 0.207 e. The molecule has 0 aliphatic heterocycles. The maximum atomic E-state index is 12.7. The van der Waals surface area contributed by atoms with Crippen molar-refractivity contribution in [1.29, 1.82) is 5.26 Å². The first-order chi connectivity index (χ1) is 8.79. The van der Waals surface area contributed by atoms with Crippen LogP contribution in [0.5, 0.6) is 0 Å². The number of halogens is 1. The first-order valence-corrected chi connectivity index (χ1v) is 8.24. The second-order valence-electron chi connectivity index (χ2n) is 5.16. The van der Waals surface area contributed by atoms with Gasteiger partial charge < -0.3 is 0 Å². The highest BCUT2D eigenvalue weighted by atomic mass is 79.9. The van der Waals surface area contributed by atoms with Crippen LogP contribution in [0, 0.1) is 11.3 Å². The standard InChI is InChI=1S/C13H15BrN2O2S/c1-13(2,9-15)16(11-6-7-11)19(17,18)12-5-3-4-10(14)8-12/h3-5,8,11H,6-7H2,1-2H3. The third-order valence-corrected chi connectivity index (χ3v) is 5.67. The third kappa shape index (κ3) is 2.83. The third-order valence-electron chi connectivity index (χ3n) is 3.06. The Morgan fingerprint density at radius 2 is 2.05 bits per heavy atom. The van der Waals surface area contributed by atoms with Crippen molar-refractivity contribution in [2.75, 3.05) is 0 Å². The van der Waals surface area contributed by atoms with Crippen molar-refractivity contribution in [1.82, 2.24) is 4.31 Å². The summed E-state index contributed by atoms with van der Waals surface area (Å²) in [5.41, 5.74) is -1.04. The largest absolute Gasteiger partial charge is 0.244 e. The van der Waals surface area contributed by atoms with Gasteiger partial charge in [0.15, 0.2) is 0 Å². The molecular formula is C13H15BrN2O2S. The molecule has 1 fully saturated rings. The van der Waals surface area contributed by atoms with Crippen LogP contribution in [-0.2, 0) is 10.0 Å². The van der Waals surface area contributed by atoms with Gasteiger partial charge in [-0.1, -0.05) is 22.0 Å². The van der Waals surface area contributed by atoms with E-state index in [4.69, 9.17) is 0 Å². The Kier molecular flexibility index (Phi) is 3.74. The molecule has 0 bridgehead atoms. The fourth-order valence-electron chi connectivity index (χ4n) is 2.05. The van der Waals surface area contributed by atoms with Crippen LogP contribution in [0.1, 0.15) is 26.7 Å². The molecule has 1 aliphatic carbocycles. The van der Waals surface area contributed by atoms with Gasteiger partial charge in [-0.05, 0) is 44.9 Å². The van der Waals surface area contributed by atoms with Gasteiger partial charge in [-0.2, -0.15) is 9.57 Å². The van der Waals surface area contributed by atoms with E-state index in [1.807, 2.05) is 0 Å². The second-order valence-corrected chi connectivity index (χ2v) is 7.89. The Balaban J connectivity index is 2.50. The predicted octanol–water partition coefficient (Wildman–Crippen LogP) is 2.90. The average molecular weight is 343 g/mol. The Morgan fingerprint density at radius 1 is 1.42 bits per heavy atom. The number of nitrogens with zero attached hydrogens (tertiary/aromatic N) is 2. The van der Waals surface area contributed by atoms with Crippen molar-refractivity contribution in [3.05, 3.63) is 28.7 Å². The Morgan fingerprint density at radius 3 is 2.53 bits per heavy atom. The topological polar surface area (TPSA) is 61.2 Å². The van der Waals surface area contributed by atoms with Crippen molar-refractivity contribution >= 4 is 26.0 Å². The van der Waals surface area contributed by atoms with Gasteiger partial charge in [-0.25, -0.2) is 8.42 Å².